The molecule has 1 aromatic heterocycles. The topological polar surface area (TPSA) is 105 Å². The van der Waals surface area contributed by atoms with Crippen molar-refractivity contribution in [3.05, 3.63) is 71.6 Å². The molecule has 2 aromatic carbocycles. The van der Waals surface area contributed by atoms with Gasteiger partial charge in [0.2, 0.25) is 17.7 Å². The van der Waals surface area contributed by atoms with Gasteiger partial charge in [0.1, 0.15) is 0 Å². The molecular weight excluding hydrogens is 360 g/mol. The fraction of sp³-hybridized carbons (Fsp3) is 0.150. The van der Waals surface area contributed by atoms with Gasteiger partial charge in [0.15, 0.2) is 0 Å². The molecule has 1 saturated heterocycles. The molecule has 140 valence electrons. The van der Waals surface area contributed by atoms with Gasteiger partial charge in [-0.15, -0.1) is 5.10 Å². The van der Waals surface area contributed by atoms with Crippen LogP contribution in [0, 0.1) is 0 Å². The summed E-state index contributed by atoms with van der Waals surface area (Å²) in [6, 6.07) is 15.9. The molecule has 1 fully saturated rings. The Balaban J connectivity index is 1.46. The predicted octanol–water partition coefficient (Wildman–Crippen LogP) is 2.57. The summed E-state index contributed by atoms with van der Waals surface area (Å²) in [6.45, 7) is 0. The van der Waals surface area contributed by atoms with Gasteiger partial charge in [0, 0.05) is 18.4 Å². The lowest BCUT2D eigenvalue weighted by atomic mass is 10.1. The number of aromatic nitrogens is 2. The van der Waals surface area contributed by atoms with Crippen LogP contribution in [0.4, 0.5) is 11.7 Å². The van der Waals surface area contributed by atoms with Gasteiger partial charge in [-0.25, -0.2) is 0 Å². The van der Waals surface area contributed by atoms with Gasteiger partial charge in [0.25, 0.3) is 5.91 Å². The number of hydrogen-bond acceptors (Lipinski definition) is 6. The van der Waals surface area contributed by atoms with E-state index >= 15 is 0 Å². The number of nitrogens with one attached hydrogen (secondary N) is 1. The van der Waals surface area contributed by atoms with Crippen molar-refractivity contribution in [3.8, 4) is 0 Å². The summed E-state index contributed by atoms with van der Waals surface area (Å²) in [7, 11) is 0. The summed E-state index contributed by atoms with van der Waals surface area (Å²) < 4.78 is 5.47. The first-order valence-corrected chi connectivity index (χ1v) is 8.73. The molecule has 3 amide bonds. The van der Waals surface area contributed by atoms with E-state index in [0.717, 1.165) is 10.5 Å². The second kappa shape index (κ2) is 7.43. The molecule has 3 aromatic rings. The van der Waals surface area contributed by atoms with Crippen LogP contribution >= 0.6 is 0 Å². The second-order valence-corrected chi connectivity index (χ2v) is 6.29. The largest absolute Gasteiger partial charge is 0.407 e. The number of carbonyl (C=O) groups is 3. The van der Waals surface area contributed by atoms with Crippen LogP contribution in [-0.2, 0) is 16.0 Å². The Kier molecular flexibility index (Phi) is 4.67. The Hall–Kier alpha value is -3.81. The Morgan fingerprint density at radius 2 is 1.75 bits per heavy atom. The Morgan fingerprint density at radius 3 is 2.50 bits per heavy atom. The summed E-state index contributed by atoms with van der Waals surface area (Å²) in [5, 5.41) is 10.3. The third-order valence-electron chi connectivity index (χ3n) is 4.30. The maximum Gasteiger partial charge on any atom is 0.322 e. The van der Waals surface area contributed by atoms with Crippen molar-refractivity contribution in [2.75, 3.05) is 10.2 Å². The van der Waals surface area contributed by atoms with Gasteiger partial charge in [-0.2, -0.15) is 0 Å². The van der Waals surface area contributed by atoms with Gasteiger partial charge in [-0.1, -0.05) is 41.5 Å². The van der Waals surface area contributed by atoms with Crippen molar-refractivity contribution in [2.45, 2.75) is 19.3 Å². The number of benzene rings is 2. The number of amides is 3. The van der Waals surface area contributed by atoms with E-state index in [2.05, 4.69) is 15.5 Å². The van der Waals surface area contributed by atoms with E-state index < -0.39 is 5.91 Å². The lowest BCUT2D eigenvalue weighted by molar-refractivity contribution is -0.121. The number of nitrogens with zero attached hydrogens (tertiary/aromatic N) is 3. The molecule has 8 nitrogen and oxygen atoms in total. The molecule has 8 heteroatoms. The smallest absolute Gasteiger partial charge is 0.322 e. The van der Waals surface area contributed by atoms with Gasteiger partial charge >= 0.3 is 6.01 Å². The molecule has 1 aliphatic heterocycles. The van der Waals surface area contributed by atoms with Crippen LogP contribution in [-0.4, -0.2) is 27.9 Å². The van der Waals surface area contributed by atoms with E-state index in [9.17, 15) is 14.4 Å². The van der Waals surface area contributed by atoms with Crippen molar-refractivity contribution < 1.29 is 18.8 Å². The minimum atomic E-state index is -0.476. The van der Waals surface area contributed by atoms with Crippen LogP contribution in [0.25, 0.3) is 0 Å². The van der Waals surface area contributed by atoms with E-state index in [0.29, 0.717) is 18.0 Å². The minimum absolute atomic E-state index is 0.0188. The number of carbonyl (C=O) groups excluding carboxylic acids is 3. The van der Waals surface area contributed by atoms with Crippen molar-refractivity contribution in [1.29, 1.82) is 0 Å². The summed E-state index contributed by atoms with van der Waals surface area (Å²) in [4.78, 5) is 37.3. The average molecular weight is 376 g/mol. The van der Waals surface area contributed by atoms with E-state index in [-0.39, 0.29) is 36.2 Å². The normalized spacial score (nSPS) is 13.8. The van der Waals surface area contributed by atoms with Gasteiger partial charge in [0.05, 0.1) is 12.1 Å². The zero-order chi connectivity index (χ0) is 19.5. The highest BCUT2D eigenvalue weighted by molar-refractivity contribution is 6.20. The highest BCUT2D eigenvalue weighted by Crippen LogP contribution is 2.23. The van der Waals surface area contributed by atoms with Crippen LogP contribution in [0.5, 0.6) is 0 Å². The van der Waals surface area contributed by atoms with Crippen LogP contribution < -0.4 is 10.2 Å². The number of rotatable bonds is 5. The van der Waals surface area contributed by atoms with E-state index in [4.69, 9.17) is 4.42 Å². The SMILES string of the molecule is O=C(Nc1nnc(Cc2ccccc2)o1)c1cccc(N2C(=O)CCC2=O)c1. The second-order valence-electron chi connectivity index (χ2n) is 6.29. The zero-order valence-electron chi connectivity index (χ0n) is 14.8. The number of hydrogen-bond donors (Lipinski definition) is 1. The third-order valence-corrected chi connectivity index (χ3v) is 4.30. The molecule has 0 spiro atoms. The maximum absolute atomic E-state index is 12.5. The van der Waals surface area contributed by atoms with Crippen LogP contribution in [0.15, 0.2) is 59.0 Å². The summed E-state index contributed by atoms with van der Waals surface area (Å²) in [6.07, 6.45) is 0.821. The summed E-state index contributed by atoms with van der Waals surface area (Å²) >= 11 is 0. The molecule has 4 rings (SSSR count). The predicted molar refractivity (Wildman–Crippen MR) is 99.7 cm³/mol. The lowest BCUT2D eigenvalue weighted by Crippen LogP contribution is -2.28. The van der Waals surface area contributed by atoms with Crippen molar-refractivity contribution in [1.82, 2.24) is 10.2 Å². The fourth-order valence-corrected chi connectivity index (χ4v) is 2.97. The molecule has 0 bridgehead atoms. The molecule has 0 saturated carbocycles. The zero-order valence-corrected chi connectivity index (χ0v) is 14.8. The van der Waals surface area contributed by atoms with Crippen molar-refractivity contribution in [3.63, 3.8) is 0 Å². The maximum atomic E-state index is 12.5. The van der Waals surface area contributed by atoms with E-state index in [1.54, 1.807) is 18.2 Å². The standard InChI is InChI=1S/C20H16N4O4/c25-17-9-10-18(26)24(17)15-8-4-7-14(12-15)19(27)21-20-23-22-16(28-20)11-13-5-2-1-3-6-13/h1-8,12H,9-11H2,(H,21,23,27). The monoisotopic (exact) mass is 376 g/mol. The molecule has 1 aliphatic rings. The third kappa shape index (κ3) is 3.66. The molecular formula is C20H16N4O4. The van der Waals surface area contributed by atoms with Gasteiger partial charge in [-0.3, -0.25) is 24.6 Å². The molecule has 0 unspecified atom stereocenters. The summed E-state index contributed by atoms with van der Waals surface area (Å²) in [5.74, 6) is -0.644. The van der Waals surface area contributed by atoms with E-state index in [1.807, 2.05) is 30.3 Å². The first-order valence-electron chi connectivity index (χ1n) is 8.73. The first-order chi connectivity index (χ1) is 13.6. The lowest BCUT2D eigenvalue weighted by Gasteiger charge is -2.14. The van der Waals surface area contributed by atoms with Crippen molar-refractivity contribution in [2.24, 2.45) is 0 Å². The highest BCUT2D eigenvalue weighted by Gasteiger charge is 2.30. The Bertz CT molecular complexity index is 1030. The highest BCUT2D eigenvalue weighted by atomic mass is 16.4. The summed E-state index contributed by atoms with van der Waals surface area (Å²) in [5.41, 5.74) is 1.65. The quantitative estimate of drug-likeness (QED) is 0.686. The number of anilines is 2. The number of imide groups is 1. The molecule has 28 heavy (non-hydrogen) atoms. The van der Waals surface area contributed by atoms with Crippen LogP contribution in [0.3, 0.4) is 0 Å². The Morgan fingerprint density at radius 1 is 1.00 bits per heavy atom. The van der Waals surface area contributed by atoms with Crippen molar-refractivity contribution >= 4 is 29.4 Å². The molecule has 1 N–H and O–H groups in total. The van der Waals surface area contributed by atoms with E-state index in [1.165, 1.54) is 6.07 Å². The first kappa shape index (κ1) is 17.6. The molecule has 2 heterocycles. The molecule has 0 atom stereocenters. The average Bonchev–Trinajstić information content (AvgIpc) is 3.28. The molecule has 0 aliphatic carbocycles. The van der Waals surface area contributed by atoms with Gasteiger partial charge < -0.3 is 4.42 Å². The fourth-order valence-electron chi connectivity index (χ4n) is 2.97. The Labute approximate surface area is 160 Å². The van der Waals surface area contributed by atoms with Crippen LogP contribution in [0.2, 0.25) is 0 Å². The van der Waals surface area contributed by atoms with Gasteiger partial charge in [-0.05, 0) is 23.8 Å². The minimum Gasteiger partial charge on any atom is -0.407 e. The van der Waals surface area contributed by atoms with Crippen LogP contribution in [0.1, 0.15) is 34.7 Å². The molecule has 0 radical (unpaired) electrons.